The molecule has 2 aliphatic rings. The monoisotopic (exact) mass is 396 g/mol. The van der Waals surface area contributed by atoms with E-state index in [4.69, 9.17) is 0 Å². The molecule has 2 aromatic rings. The Morgan fingerprint density at radius 2 is 1.79 bits per heavy atom. The summed E-state index contributed by atoms with van der Waals surface area (Å²) >= 11 is 0. The van der Waals surface area contributed by atoms with E-state index in [1.165, 1.54) is 12.3 Å². The standard InChI is InChI=1S/C22H28N4O3/c1-24-12-14-25(15-13-24)19-16-26(21(28)20-18(27)8-5-10-23-20)11-9-22(19,29)17-6-3-2-4-7-17/h2-8,10,19,27,29H,9,11-16H2,1H3/t19-,22+/m1/s1. The molecular formula is C22H28N4O3. The largest absolute Gasteiger partial charge is 0.505 e. The van der Waals surface area contributed by atoms with Gasteiger partial charge in [0.25, 0.3) is 5.91 Å². The molecule has 0 unspecified atom stereocenters. The highest BCUT2D eigenvalue weighted by molar-refractivity contribution is 5.94. The normalized spacial score (nSPS) is 26.4. The van der Waals surface area contributed by atoms with Crippen LogP contribution in [-0.4, -0.2) is 88.2 Å². The molecule has 0 saturated carbocycles. The Bertz CT molecular complexity index is 854. The lowest BCUT2D eigenvalue weighted by Crippen LogP contribution is -2.64. The van der Waals surface area contributed by atoms with Crippen molar-refractivity contribution < 1.29 is 15.0 Å². The van der Waals surface area contributed by atoms with Gasteiger partial charge in [-0.1, -0.05) is 30.3 Å². The Labute approximate surface area is 171 Å². The second-order valence-electron chi connectivity index (χ2n) is 8.02. The third-order valence-electron chi connectivity index (χ3n) is 6.24. The van der Waals surface area contributed by atoms with Gasteiger partial charge in [-0.05, 0) is 31.2 Å². The van der Waals surface area contributed by atoms with E-state index in [-0.39, 0.29) is 23.4 Å². The number of rotatable bonds is 3. The van der Waals surface area contributed by atoms with Crippen LogP contribution < -0.4 is 0 Å². The molecule has 2 N–H and O–H groups in total. The number of hydrogen-bond donors (Lipinski definition) is 2. The fraction of sp³-hybridized carbons (Fsp3) is 0.455. The van der Waals surface area contributed by atoms with Crippen molar-refractivity contribution in [3.05, 3.63) is 59.9 Å². The number of pyridine rings is 1. The van der Waals surface area contributed by atoms with Crippen LogP contribution in [0.4, 0.5) is 0 Å². The van der Waals surface area contributed by atoms with E-state index >= 15 is 0 Å². The molecule has 2 aliphatic heterocycles. The van der Waals surface area contributed by atoms with E-state index in [0.29, 0.717) is 19.5 Å². The van der Waals surface area contributed by atoms with Crippen LogP contribution in [0.25, 0.3) is 0 Å². The number of piperazine rings is 1. The molecule has 1 aromatic heterocycles. The average Bonchev–Trinajstić information content (AvgIpc) is 2.75. The quantitative estimate of drug-likeness (QED) is 0.810. The zero-order valence-corrected chi connectivity index (χ0v) is 16.7. The molecule has 0 spiro atoms. The van der Waals surface area contributed by atoms with Gasteiger partial charge in [-0.2, -0.15) is 0 Å². The molecule has 154 valence electrons. The number of amides is 1. The van der Waals surface area contributed by atoms with Gasteiger partial charge >= 0.3 is 0 Å². The van der Waals surface area contributed by atoms with Crippen molar-refractivity contribution in [2.24, 2.45) is 0 Å². The van der Waals surface area contributed by atoms with Gasteiger partial charge in [0.1, 0.15) is 11.4 Å². The molecule has 7 heteroatoms. The second kappa shape index (κ2) is 8.10. The Morgan fingerprint density at radius 3 is 2.48 bits per heavy atom. The first-order valence-corrected chi connectivity index (χ1v) is 10.1. The van der Waals surface area contributed by atoms with Crippen molar-refractivity contribution in [2.75, 3.05) is 46.3 Å². The predicted molar refractivity (Wildman–Crippen MR) is 110 cm³/mol. The van der Waals surface area contributed by atoms with E-state index < -0.39 is 5.60 Å². The van der Waals surface area contributed by atoms with Crippen LogP contribution >= 0.6 is 0 Å². The number of benzene rings is 1. The molecule has 3 heterocycles. The minimum absolute atomic E-state index is 0.0646. The van der Waals surface area contributed by atoms with Gasteiger partial charge in [0.05, 0.1) is 6.04 Å². The van der Waals surface area contributed by atoms with Gasteiger partial charge in [-0.3, -0.25) is 9.69 Å². The third-order valence-corrected chi connectivity index (χ3v) is 6.24. The van der Waals surface area contributed by atoms with E-state index in [2.05, 4.69) is 21.8 Å². The molecule has 1 amide bonds. The maximum absolute atomic E-state index is 13.0. The smallest absolute Gasteiger partial charge is 0.276 e. The highest BCUT2D eigenvalue weighted by Crippen LogP contribution is 2.37. The molecule has 2 saturated heterocycles. The summed E-state index contributed by atoms with van der Waals surface area (Å²) in [4.78, 5) is 23.4. The zero-order valence-electron chi connectivity index (χ0n) is 16.7. The number of nitrogens with zero attached hydrogens (tertiary/aromatic N) is 4. The molecule has 29 heavy (non-hydrogen) atoms. The van der Waals surface area contributed by atoms with Gasteiger partial charge in [0.2, 0.25) is 0 Å². The van der Waals surface area contributed by atoms with Crippen LogP contribution in [-0.2, 0) is 5.60 Å². The van der Waals surface area contributed by atoms with Gasteiger partial charge < -0.3 is 20.0 Å². The molecule has 7 nitrogen and oxygen atoms in total. The SMILES string of the molecule is CN1CCN([C@@H]2CN(C(=O)c3ncccc3O)CC[C@]2(O)c2ccccc2)CC1. The van der Waals surface area contributed by atoms with Crippen LogP contribution in [0.15, 0.2) is 48.7 Å². The number of aromatic hydroxyl groups is 1. The summed E-state index contributed by atoms with van der Waals surface area (Å²) in [6.07, 6.45) is 1.95. The van der Waals surface area contributed by atoms with Crippen LogP contribution in [0, 0.1) is 0 Å². The molecule has 4 rings (SSSR count). The number of likely N-dealkylation sites (N-methyl/N-ethyl adjacent to an activating group) is 1. The average molecular weight is 396 g/mol. The molecule has 2 fully saturated rings. The predicted octanol–water partition coefficient (Wildman–Crippen LogP) is 1.14. The minimum Gasteiger partial charge on any atom is -0.505 e. The van der Waals surface area contributed by atoms with Crippen molar-refractivity contribution in [3.63, 3.8) is 0 Å². The molecule has 0 aliphatic carbocycles. The van der Waals surface area contributed by atoms with Gasteiger partial charge in [0.15, 0.2) is 5.69 Å². The molecule has 0 bridgehead atoms. The van der Waals surface area contributed by atoms with Crippen LogP contribution in [0.5, 0.6) is 5.75 Å². The van der Waals surface area contributed by atoms with Crippen molar-refractivity contribution in [1.82, 2.24) is 19.7 Å². The molecule has 2 atom stereocenters. The lowest BCUT2D eigenvalue weighted by molar-refractivity contribution is -0.101. The maximum atomic E-state index is 13.0. The third kappa shape index (κ3) is 3.85. The number of carbonyl (C=O) groups is 1. The fourth-order valence-corrected chi connectivity index (χ4v) is 4.43. The van der Waals surface area contributed by atoms with E-state index in [1.54, 1.807) is 11.0 Å². The van der Waals surface area contributed by atoms with Crippen molar-refractivity contribution in [1.29, 1.82) is 0 Å². The highest BCUT2D eigenvalue weighted by atomic mass is 16.3. The van der Waals surface area contributed by atoms with E-state index in [0.717, 1.165) is 31.7 Å². The van der Waals surface area contributed by atoms with Crippen molar-refractivity contribution in [2.45, 2.75) is 18.1 Å². The zero-order chi connectivity index (χ0) is 20.4. The summed E-state index contributed by atoms with van der Waals surface area (Å²) in [6, 6.07) is 12.6. The number of aromatic nitrogens is 1. The van der Waals surface area contributed by atoms with Gasteiger partial charge in [-0.25, -0.2) is 4.98 Å². The van der Waals surface area contributed by atoms with Gasteiger partial charge in [0, 0.05) is 45.5 Å². The summed E-state index contributed by atoms with van der Waals surface area (Å²) in [5.74, 6) is -0.408. The summed E-state index contributed by atoms with van der Waals surface area (Å²) in [7, 11) is 2.10. The van der Waals surface area contributed by atoms with Crippen LogP contribution in [0.3, 0.4) is 0 Å². The Morgan fingerprint density at radius 1 is 1.07 bits per heavy atom. The number of carbonyl (C=O) groups excluding carboxylic acids is 1. The fourth-order valence-electron chi connectivity index (χ4n) is 4.43. The molecular weight excluding hydrogens is 368 g/mol. The summed E-state index contributed by atoms with van der Waals surface area (Å²) in [5, 5.41) is 21.8. The number of aliphatic hydroxyl groups is 1. The number of likely N-dealkylation sites (tertiary alicyclic amines) is 1. The lowest BCUT2D eigenvalue weighted by atomic mass is 9.79. The Balaban J connectivity index is 1.63. The maximum Gasteiger partial charge on any atom is 0.276 e. The van der Waals surface area contributed by atoms with E-state index in [1.807, 2.05) is 30.3 Å². The summed E-state index contributed by atoms with van der Waals surface area (Å²) in [6.45, 7) is 4.33. The van der Waals surface area contributed by atoms with Crippen molar-refractivity contribution >= 4 is 5.91 Å². The number of hydrogen-bond acceptors (Lipinski definition) is 6. The molecule has 1 aromatic carbocycles. The molecule has 0 radical (unpaired) electrons. The minimum atomic E-state index is -1.03. The highest BCUT2D eigenvalue weighted by Gasteiger charge is 2.47. The Hall–Kier alpha value is -2.48. The van der Waals surface area contributed by atoms with Gasteiger partial charge in [-0.15, -0.1) is 0 Å². The first-order valence-electron chi connectivity index (χ1n) is 10.1. The van der Waals surface area contributed by atoms with Crippen LogP contribution in [0.1, 0.15) is 22.5 Å². The Kier molecular flexibility index (Phi) is 5.54. The lowest BCUT2D eigenvalue weighted by Gasteiger charge is -2.51. The first kappa shape index (κ1) is 19.8. The van der Waals surface area contributed by atoms with Crippen molar-refractivity contribution in [3.8, 4) is 5.75 Å². The number of piperidine rings is 1. The second-order valence-corrected chi connectivity index (χ2v) is 8.02. The van der Waals surface area contributed by atoms with E-state index in [9.17, 15) is 15.0 Å². The summed E-state index contributed by atoms with van der Waals surface area (Å²) < 4.78 is 0. The topological polar surface area (TPSA) is 80.1 Å². The van der Waals surface area contributed by atoms with Crippen LogP contribution in [0.2, 0.25) is 0 Å². The summed E-state index contributed by atoms with van der Waals surface area (Å²) in [5.41, 5.74) is -0.0772. The first-order chi connectivity index (χ1) is 14.0.